The Morgan fingerprint density at radius 2 is 2.29 bits per heavy atom. The SMILES string of the molecule is CC1OC=[O+]C1C. The van der Waals surface area contributed by atoms with Gasteiger partial charge in [0.05, 0.1) is 0 Å². The molecule has 0 bridgehead atoms. The van der Waals surface area contributed by atoms with E-state index in [1.165, 1.54) is 6.47 Å². The summed E-state index contributed by atoms with van der Waals surface area (Å²) in [5.41, 5.74) is 0. The third-order valence-electron chi connectivity index (χ3n) is 1.20. The second-order valence-corrected chi connectivity index (χ2v) is 1.78. The van der Waals surface area contributed by atoms with Gasteiger partial charge in [-0.2, -0.15) is 0 Å². The molecule has 1 aliphatic heterocycles. The smallest absolute Gasteiger partial charge is 0.314 e. The number of rotatable bonds is 0. The van der Waals surface area contributed by atoms with Gasteiger partial charge in [-0.1, -0.05) is 0 Å². The van der Waals surface area contributed by atoms with Crippen molar-refractivity contribution < 1.29 is 9.16 Å². The quantitative estimate of drug-likeness (QED) is 0.321. The number of hydrogen-bond acceptors (Lipinski definition) is 1. The fourth-order valence-corrected chi connectivity index (χ4v) is 0.429. The van der Waals surface area contributed by atoms with Gasteiger partial charge >= 0.3 is 6.47 Å². The lowest BCUT2D eigenvalue weighted by Crippen LogP contribution is -2.14. The average molecular weight is 101 g/mol. The molecule has 0 aliphatic carbocycles. The van der Waals surface area contributed by atoms with Crippen molar-refractivity contribution in [3.05, 3.63) is 0 Å². The molecule has 2 atom stereocenters. The molecule has 0 N–H and O–H groups in total. The summed E-state index contributed by atoms with van der Waals surface area (Å²) in [6.07, 6.45) is 0.472. The summed E-state index contributed by atoms with van der Waals surface area (Å²) in [5.74, 6) is 0. The van der Waals surface area contributed by atoms with Gasteiger partial charge in [0.15, 0.2) is 0 Å². The van der Waals surface area contributed by atoms with Gasteiger partial charge in [-0.25, -0.2) is 0 Å². The largest absolute Gasteiger partial charge is 0.473 e. The Labute approximate surface area is 42.8 Å². The summed E-state index contributed by atoms with van der Waals surface area (Å²) in [6, 6.07) is 0. The molecule has 40 valence electrons. The van der Waals surface area contributed by atoms with Crippen LogP contribution < -0.4 is 0 Å². The van der Waals surface area contributed by atoms with Gasteiger partial charge in [-0.05, 0) is 0 Å². The van der Waals surface area contributed by atoms with Gasteiger partial charge in [-0.15, -0.1) is 0 Å². The van der Waals surface area contributed by atoms with Crippen molar-refractivity contribution in [2.75, 3.05) is 0 Å². The van der Waals surface area contributed by atoms with Gasteiger partial charge in [-0.3, -0.25) is 0 Å². The highest BCUT2D eigenvalue weighted by molar-refractivity contribution is 5.39. The molecular weight excluding hydrogens is 92.1 g/mol. The Morgan fingerprint density at radius 3 is 2.43 bits per heavy atom. The van der Waals surface area contributed by atoms with Crippen molar-refractivity contribution >= 4 is 6.47 Å². The van der Waals surface area contributed by atoms with Gasteiger partial charge < -0.3 is 9.16 Å². The van der Waals surface area contributed by atoms with Crippen LogP contribution in [0.1, 0.15) is 13.8 Å². The number of hydrogen-bond donors (Lipinski definition) is 0. The third-order valence-corrected chi connectivity index (χ3v) is 1.20. The molecule has 0 spiro atoms. The second kappa shape index (κ2) is 1.52. The van der Waals surface area contributed by atoms with Crippen LogP contribution in [0.5, 0.6) is 0 Å². The fraction of sp³-hybridized carbons (Fsp3) is 0.800. The van der Waals surface area contributed by atoms with Crippen LogP contribution in [0.25, 0.3) is 0 Å². The Bertz CT molecular complexity index is 88.1. The van der Waals surface area contributed by atoms with E-state index in [0.29, 0.717) is 0 Å². The minimum Gasteiger partial charge on any atom is -0.314 e. The summed E-state index contributed by atoms with van der Waals surface area (Å²) in [4.78, 5) is 0. The first-order chi connectivity index (χ1) is 3.30. The predicted molar refractivity (Wildman–Crippen MR) is 26.1 cm³/mol. The maximum Gasteiger partial charge on any atom is 0.473 e. The monoisotopic (exact) mass is 101 g/mol. The highest BCUT2D eigenvalue weighted by Crippen LogP contribution is 2.01. The molecule has 2 nitrogen and oxygen atoms in total. The van der Waals surface area contributed by atoms with E-state index in [4.69, 9.17) is 9.16 Å². The summed E-state index contributed by atoms with van der Waals surface area (Å²) < 4.78 is 9.84. The molecule has 0 saturated heterocycles. The van der Waals surface area contributed by atoms with E-state index in [0.717, 1.165) is 0 Å². The molecule has 1 heterocycles. The molecule has 0 fully saturated rings. The zero-order valence-electron chi connectivity index (χ0n) is 4.55. The van der Waals surface area contributed by atoms with E-state index in [1.54, 1.807) is 0 Å². The van der Waals surface area contributed by atoms with Crippen LogP contribution >= 0.6 is 0 Å². The lowest BCUT2D eigenvalue weighted by molar-refractivity contribution is -0.485. The molecule has 1 aliphatic rings. The van der Waals surface area contributed by atoms with Crippen molar-refractivity contribution in [3.8, 4) is 0 Å². The van der Waals surface area contributed by atoms with E-state index >= 15 is 0 Å². The highest BCUT2D eigenvalue weighted by Gasteiger charge is 2.27. The van der Waals surface area contributed by atoms with Crippen molar-refractivity contribution in [2.24, 2.45) is 0 Å². The normalized spacial score (nSPS) is 38.6. The van der Waals surface area contributed by atoms with Crippen LogP contribution in [0.2, 0.25) is 0 Å². The Balaban J connectivity index is 2.45. The van der Waals surface area contributed by atoms with Crippen LogP contribution in [0, 0.1) is 0 Å². The summed E-state index contributed by atoms with van der Waals surface area (Å²) in [7, 11) is 0. The molecule has 0 saturated carbocycles. The molecule has 1 rings (SSSR count). The van der Waals surface area contributed by atoms with E-state index in [1.807, 2.05) is 13.8 Å². The van der Waals surface area contributed by atoms with Crippen LogP contribution in [0.3, 0.4) is 0 Å². The molecule has 0 aromatic carbocycles. The molecule has 2 heteroatoms. The molecule has 0 amide bonds. The topological polar surface area (TPSA) is 20.5 Å². The molecule has 0 aromatic heterocycles. The second-order valence-electron chi connectivity index (χ2n) is 1.78. The summed E-state index contributed by atoms with van der Waals surface area (Å²) in [5, 5.41) is 0. The molecule has 0 aromatic rings. The van der Waals surface area contributed by atoms with E-state index < -0.39 is 0 Å². The van der Waals surface area contributed by atoms with Crippen LogP contribution in [0.15, 0.2) is 0 Å². The van der Waals surface area contributed by atoms with Crippen LogP contribution in [0.4, 0.5) is 0 Å². The van der Waals surface area contributed by atoms with Gasteiger partial charge in [0.25, 0.3) is 12.2 Å². The molecule has 2 unspecified atom stereocenters. The van der Waals surface area contributed by atoms with E-state index in [-0.39, 0.29) is 12.2 Å². The minimum absolute atomic E-state index is 0.236. The minimum atomic E-state index is 0.236. The lowest BCUT2D eigenvalue weighted by atomic mass is 10.3. The van der Waals surface area contributed by atoms with Crippen LogP contribution in [-0.4, -0.2) is 18.7 Å². The number of carbonyl (C=O) groups excluding carboxylic acids is 1. The van der Waals surface area contributed by atoms with Gasteiger partial charge in [0, 0.05) is 13.8 Å². The number of ether oxygens (including phenoxy) is 1. The molecule has 0 radical (unpaired) electrons. The average Bonchev–Trinajstić information content (AvgIpc) is 1.91. The van der Waals surface area contributed by atoms with Crippen molar-refractivity contribution in [1.82, 2.24) is 0 Å². The maximum atomic E-state index is 4.92. The van der Waals surface area contributed by atoms with Crippen molar-refractivity contribution in [1.29, 1.82) is 0 Å². The number of cyclic esters (lactones) is 1. The molecular formula is C5H9O2+. The zero-order valence-corrected chi connectivity index (χ0v) is 4.55. The van der Waals surface area contributed by atoms with Gasteiger partial charge in [0.2, 0.25) is 0 Å². The summed E-state index contributed by atoms with van der Waals surface area (Å²) in [6.45, 7) is 5.36. The van der Waals surface area contributed by atoms with E-state index in [9.17, 15) is 0 Å². The lowest BCUT2D eigenvalue weighted by Gasteiger charge is -1.91. The van der Waals surface area contributed by atoms with E-state index in [2.05, 4.69) is 0 Å². The van der Waals surface area contributed by atoms with Crippen molar-refractivity contribution in [3.63, 3.8) is 0 Å². The zero-order chi connectivity index (χ0) is 5.28. The van der Waals surface area contributed by atoms with Crippen molar-refractivity contribution in [2.45, 2.75) is 26.1 Å². The Morgan fingerprint density at radius 1 is 1.57 bits per heavy atom. The first kappa shape index (κ1) is 4.62. The fourth-order valence-electron chi connectivity index (χ4n) is 0.429. The standard InChI is InChI=1S/C5H9O2/c1-4-5(2)7-3-6-4/h3-5H,1-2H3/q+1. The highest BCUT2D eigenvalue weighted by atomic mass is 16.6. The first-order valence-corrected chi connectivity index (χ1v) is 2.43. The predicted octanol–water partition coefficient (Wildman–Crippen LogP) is 0.486. The van der Waals surface area contributed by atoms with Crippen LogP contribution in [-0.2, 0) is 9.16 Å². The Kier molecular flexibility index (Phi) is 1.01. The maximum absolute atomic E-state index is 4.92. The first-order valence-electron chi connectivity index (χ1n) is 2.43. The summed E-state index contributed by atoms with van der Waals surface area (Å²) >= 11 is 0. The van der Waals surface area contributed by atoms with Gasteiger partial charge in [0.1, 0.15) is 0 Å². The molecule has 7 heavy (non-hydrogen) atoms. The Hall–Kier alpha value is -0.530. The third kappa shape index (κ3) is 0.734.